The Morgan fingerprint density at radius 2 is 1.63 bits per heavy atom. The topological polar surface area (TPSA) is 9.23 Å². The molecule has 0 radical (unpaired) electrons. The van der Waals surface area contributed by atoms with E-state index in [0.29, 0.717) is 5.41 Å². The molecule has 4 aliphatic rings. The molecule has 5 rings (SSSR count). The van der Waals surface area contributed by atoms with Crippen LogP contribution in [0, 0.1) is 17.8 Å². The van der Waals surface area contributed by atoms with Gasteiger partial charge in [0.15, 0.2) is 0 Å². The Kier molecular flexibility index (Phi) is 2.42. The van der Waals surface area contributed by atoms with Crippen molar-refractivity contribution in [1.29, 1.82) is 0 Å². The summed E-state index contributed by atoms with van der Waals surface area (Å²) in [5.41, 5.74) is 2.21. The summed E-state index contributed by atoms with van der Waals surface area (Å²) in [6.45, 7) is 2.37. The highest BCUT2D eigenvalue weighted by molar-refractivity contribution is 5.30. The lowest BCUT2D eigenvalue weighted by molar-refractivity contribution is -0.187. The minimum atomic E-state index is 0.148. The Bertz CT molecular complexity index is 462. The van der Waals surface area contributed by atoms with E-state index in [9.17, 15) is 0 Å². The largest absolute Gasteiger partial charge is 0.378 e. The second-order valence-electron chi connectivity index (χ2n) is 7.38. The maximum atomic E-state index is 6.00. The van der Waals surface area contributed by atoms with E-state index in [1.54, 1.807) is 5.56 Å². The third-order valence-corrected chi connectivity index (χ3v) is 6.64. The van der Waals surface area contributed by atoms with Gasteiger partial charge in [-0.05, 0) is 67.8 Å². The van der Waals surface area contributed by atoms with Gasteiger partial charge in [-0.15, -0.1) is 0 Å². The Balaban J connectivity index is 1.75. The fourth-order valence-corrected chi connectivity index (χ4v) is 5.67. The molecule has 0 aromatic heterocycles. The van der Waals surface area contributed by atoms with Crippen LogP contribution in [-0.2, 0) is 10.2 Å². The molecule has 0 amide bonds. The van der Waals surface area contributed by atoms with Crippen LogP contribution in [0.1, 0.15) is 44.6 Å². The van der Waals surface area contributed by atoms with E-state index in [4.69, 9.17) is 4.74 Å². The average Bonchev–Trinajstić information content (AvgIpc) is 2.45. The zero-order valence-electron chi connectivity index (χ0n) is 12.1. The molecule has 4 bridgehead atoms. The molecule has 2 unspecified atom stereocenters. The Morgan fingerprint density at radius 1 is 1.00 bits per heavy atom. The Hall–Kier alpha value is -0.820. The molecule has 4 saturated carbocycles. The van der Waals surface area contributed by atoms with Gasteiger partial charge in [-0.3, -0.25) is 0 Å². The first-order chi connectivity index (χ1) is 9.16. The normalized spacial score (nSPS) is 47.6. The molecule has 4 aliphatic carbocycles. The number of benzene rings is 1. The molecule has 1 nitrogen and oxygen atoms in total. The van der Waals surface area contributed by atoms with Crippen LogP contribution in [0.5, 0.6) is 0 Å². The smallest absolute Gasteiger partial charge is 0.0707 e. The average molecular weight is 256 g/mol. The summed E-state index contributed by atoms with van der Waals surface area (Å²) in [4.78, 5) is 0. The van der Waals surface area contributed by atoms with Gasteiger partial charge in [-0.2, -0.15) is 0 Å². The van der Waals surface area contributed by atoms with E-state index in [0.717, 1.165) is 17.8 Å². The van der Waals surface area contributed by atoms with Crippen molar-refractivity contribution in [3.63, 3.8) is 0 Å². The van der Waals surface area contributed by atoms with Crippen molar-refractivity contribution in [3.05, 3.63) is 35.9 Å². The van der Waals surface area contributed by atoms with Gasteiger partial charge in [0.1, 0.15) is 0 Å². The molecule has 19 heavy (non-hydrogen) atoms. The monoisotopic (exact) mass is 256 g/mol. The summed E-state index contributed by atoms with van der Waals surface area (Å²) in [6.07, 6.45) is 6.90. The van der Waals surface area contributed by atoms with Crippen molar-refractivity contribution in [3.8, 4) is 0 Å². The van der Waals surface area contributed by atoms with Crippen LogP contribution in [0.2, 0.25) is 0 Å². The number of hydrogen-bond donors (Lipinski definition) is 0. The molecule has 2 atom stereocenters. The van der Waals surface area contributed by atoms with Crippen LogP contribution in [0.25, 0.3) is 0 Å². The lowest BCUT2D eigenvalue weighted by Gasteiger charge is -2.64. The van der Waals surface area contributed by atoms with Crippen molar-refractivity contribution in [2.45, 2.75) is 50.0 Å². The molecule has 0 N–H and O–H groups in total. The van der Waals surface area contributed by atoms with Crippen molar-refractivity contribution < 1.29 is 4.74 Å². The van der Waals surface area contributed by atoms with Crippen molar-refractivity contribution in [2.24, 2.45) is 17.8 Å². The standard InChI is InChI=1S/C18H24O/c1-17(19-2)15-8-13-9-16(17)12-18(10-13,11-15)14-6-4-3-5-7-14/h3-7,13,15-16H,8-12H2,1-2H3. The minimum Gasteiger partial charge on any atom is -0.378 e. The lowest BCUT2D eigenvalue weighted by Crippen LogP contribution is -2.61. The number of hydrogen-bond acceptors (Lipinski definition) is 1. The quantitative estimate of drug-likeness (QED) is 0.771. The summed E-state index contributed by atoms with van der Waals surface area (Å²) >= 11 is 0. The predicted molar refractivity (Wildman–Crippen MR) is 77.1 cm³/mol. The molecule has 0 saturated heterocycles. The van der Waals surface area contributed by atoms with Gasteiger partial charge in [-0.1, -0.05) is 30.3 Å². The van der Waals surface area contributed by atoms with Crippen LogP contribution >= 0.6 is 0 Å². The molecular formula is C18H24O. The van der Waals surface area contributed by atoms with Crippen molar-refractivity contribution >= 4 is 0 Å². The zero-order chi connectivity index (χ0) is 13.1. The van der Waals surface area contributed by atoms with E-state index < -0.39 is 0 Å². The van der Waals surface area contributed by atoms with Crippen molar-refractivity contribution in [2.75, 3.05) is 7.11 Å². The first-order valence-electron chi connectivity index (χ1n) is 7.77. The molecule has 0 spiro atoms. The van der Waals surface area contributed by atoms with Crippen molar-refractivity contribution in [1.82, 2.24) is 0 Å². The van der Waals surface area contributed by atoms with E-state index in [2.05, 4.69) is 37.3 Å². The molecule has 1 aromatic carbocycles. The molecule has 1 heteroatoms. The summed E-state index contributed by atoms with van der Waals surface area (Å²) in [5, 5.41) is 0. The van der Waals surface area contributed by atoms with Gasteiger partial charge in [0.25, 0.3) is 0 Å². The maximum Gasteiger partial charge on any atom is 0.0707 e. The highest BCUT2D eigenvalue weighted by atomic mass is 16.5. The van der Waals surface area contributed by atoms with Gasteiger partial charge in [-0.25, -0.2) is 0 Å². The fraction of sp³-hybridized carbons (Fsp3) is 0.667. The molecule has 102 valence electrons. The van der Waals surface area contributed by atoms with Crippen LogP contribution in [-0.4, -0.2) is 12.7 Å². The highest BCUT2D eigenvalue weighted by Crippen LogP contribution is 2.64. The molecular weight excluding hydrogens is 232 g/mol. The minimum absolute atomic E-state index is 0.148. The first-order valence-corrected chi connectivity index (χ1v) is 7.77. The van der Waals surface area contributed by atoms with E-state index in [1.807, 2.05) is 7.11 Å². The second-order valence-corrected chi connectivity index (χ2v) is 7.38. The van der Waals surface area contributed by atoms with Gasteiger partial charge < -0.3 is 4.74 Å². The first kappa shape index (κ1) is 12.0. The van der Waals surface area contributed by atoms with Gasteiger partial charge >= 0.3 is 0 Å². The van der Waals surface area contributed by atoms with E-state index in [-0.39, 0.29) is 5.60 Å². The lowest BCUT2D eigenvalue weighted by atomic mass is 9.43. The Morgan fingerprint density at radius 3 is 2.21 bits per heavy atom. The van der Waals surface area contributed by atoms with Gasteiger partial charge in [0.05, 0.1) is 5.60 Å². The number of rotatable bonds is 2. The highest BCUT2D eigenvalue weighted by Gasteiger charge is 2.60. The van der Waals surface area contributed by atoms with E-state index >= 15 is 0 Å². The van der Waals surface area contributed by atoms with Crippen LogP contribution in [0.3, 0.4) is 0 Å². The Labute approximate surface area is 116 Å². The maximum absolute atomic E-state index is 6.00. The fourth-order valence-electron chi connectivity index (χ4n) is 5.67. The SMILES string of the molecule is COC1(C)C2CC3CC1CC(c1ccccc1)(C3)C2. The van der Waals surface area contributed by atoms with Gasteiger partial charge in [0, 0.05) is 7.11 Å². The summed E-state index contributed by atoms with van der Waals surface area (Å²) in [5.74, 6) is 2.48. The van der Waals surface area contributed by atoms with Crippen LogP contribution in [0.4, 0.5) is 0 Å². The van der Waals surface area contributed by atoms with Crippen LogP contribution < -0.4 is 0 Å². The molecule has 1 aromatic rings. The van der Waals surface area contributed by atoms with Gasteiger partial charge in [0.2, 0.25) is 0 Å². The third kappa shape index (κ3) is 1.51. The molecule has 0 heterocycles. The summed E-state index contributed by atoms with van der Waals surface area (Å²) in [7, 11) is 1.93. The zero-order valence-corrected chi connectivity index (χ0v) is 12.1. The number of methoxy groups -OCH3 is 1. The van der Waals surface area contributed by atoms with Crippen LogP contribution in [0.15, 0.2) is 30.3 Å². The summed E-state index contributed by atoms with van der Waals surface area (Å²) < 4.78 is 6.00. The molecule has 4 fully saturated rings. The summed E-state index contributed by atoms with van der Waals surface area (Å²) in [6, 6.07) is 11.3. The predicted octanol–water partition coefficient (Wildman–Crippen LogP) is 4.17. The molecule has 0 aliphatic heterocycles. The third-order valence-electron chi connectivity index (χ3n) is 6.64. The van der Waals surface area contributed by atoms with E-state index in [1.165, 1.54) is 32.1 Å². The number of ether oxygens (including phenoxy) is 1. The second kappa shape index (κ2) is 3.85.